The fourth-order valence-corrected chi connectivity index (χ4v) is 3.82. The zero-order valence-corrected chi connectivity index (χ0v) is 18.8. The van der Waals surface area contributed by atoms with Crippen LogP contribution in [-0.4, -0.2) is 74.6 Å². The first kappa shape index (κ1) is 22.4. The first-order valence-electron chi connectivity index (χ1n) is 10.7. The number of para-hydroxylation sites is 1. The Hall–Kier alpha value is -3.79. The predicted octanol–water partition coefficient (Wildman–Crippen LogP) is 2.37. The van der Waals surface area contributed by atoms with Gasteiger partial charge in [-0.1, -0.05) is 12.1 Å². The summed E-state index contributed by atoms with van der Waals surface area (Å²) in [6.07, 6.45) is 5.97. The summed E-state index contributed by atoms with van der Waals surface area (Å²) in [5.74, 6) is -0.0802. The number of hydrogen-bond donors (Lipinski definition) is 0. The van der Waals surface area contributed by atoms with Gasteiger partial charge >= 0.3 is 0 Å². The van der Waals surface area contributed by atoms with Crippen molar-refractivity contribution in [3.05, 3.63) is 66.1 Å². The van der Waals surface area contributed by atoms with Gasteiger partial charge in [0.2, 0.25) is 5.88 Å². The predicted molar refractivity (Wildman–Crippen MR) is 119 cm³/mol. The number of hydrogen-bond acceptors (Lipinski definition) is 7. The molecule has 0 spiro atoms. The van der Waals surface area contributed by atoms with Crippen LogP contribution in [0.3, 0.4) is 0 Å². The van der Waals surface area contributed by atoms with E-state index in [1.807, 2.05) is 30.0 Å². The van der Waals surface area contributed by atoms with Gasteiger partial charge in [0, 0.05) is 30.9 Å². The Balaban J connectivity index is 1.51. The van der Waals surface area contributed by atoms with Crippen molar-refractivity contribution in [3.8, 4) is 11.6 Å². The average molecular weight is 450 g/mol. The number of benzene rings is 1. The van der Waals surface area contributed by atoms with Crippen LogP contribution in [-0.2, 0) is 4.84 Å². The van der Waals surface area contributed by atoms with E-state index in [0.29, 0.717) is 29.2 Å². The summed E-state index contributed by atoms with van der Waals surface area (Å²) in [6, 6.07) is 10.5. The molecule has 0 aliphatic carbocycles. The van der Waals surface area contributed by atoms with Crippen molar-refractivity contribution >= 4 is 11.8 Å². The molecule has 1 saturated heterocycles. The maximum atomic E-state index is 13.5. The summed E-state index contributed by atoms with van der Waals surface area (Å²) in [5.41, 5.74) is 1.55. The number of aromatic nitrogens is 4. The third-order valence-electron chi connectivity index (χ3n) is 5.70. The SMILES string of the molecule is CON(C)C(=O)c1ccnc(O[C@@H]2CC[C@@H](C)N(C(=O)c3ccccc3-n3nccn3)C2)c1. The molecule has 1 aliphatic heterocycles. The highest BCUT2D eigenvalue weighted by Gasteiger charge is 2.32. The van der Waals surface area contributed by atoms with Crippen LogP contribution < -0.4 is 4.74 Å². The second kappa shape index (κ2) is 9.78. The van der Waals surface area contributed by atoms with E-state index in [4.69, 9.17) is 9.57 Å². The van der Waals surface area contributed by atoms with Gasteiger partial charge < -0.3 is 9.64 Å². The quantitative estimate of drug-likeness (QED) is 0.531. The second-order valence-electron chi connectivity index (χ2n) is 7.83. The van der Waals surface area contributed by atoms with Crippen LogP contribution in [0.4, 0.5) is 0 Å². The molecule has 172 valence electrons. The van der Waals surface area contributed by atoms with Gasteiger partial charge in [0.1, 0.15) is 6.10 Å². The zero-order valence-electron chi connectivity index (χ0n) is 18.8. The van der Waals surface area contributed by atoms with Crippen molar-refractivity contribution < 1.29 is 19.2 Å². The normalized spacial score (nSPS) is 18.1. The van der Waals surface area contributed by atoms with E-state index in [2.05, 4.69) is 15.2 Å². The molecule has 1 aliphatic rings. The molecule has 3 aromatic rings. The number of hydroxylamine groups is 2. The molecule has 10 nitrogen and oxygen atoms in total. The van der Waals surface area contributed by atoms with Crippen molar-refractivity contribution in [2.75, 3.05) is 20.7 Å². The number of pyridine rings is 1. The van der Waals surface area contributed by atoms with Gasteiger partial charge in [-0.05, 0) is 38.0 Å². The highest BCUT2D eigenvalue weighted by Crippen LogP contribution is 2.25. The third-order valence-corrected chi connectivity index (χ3v) is 5.70. The molecule has 2 atom stereocenters. The van der Waals surface area contributed by atoms with Crippen LogP contribution >= 0.6 is 0 Å². The summed E-state index contributed by atoms with van der Waals surface area (Å²) in [5, 5.41) is 9.47. The van der Waals surface area contributed by atoms with Gasteiger partial charge in [0.15, 0.2) is 0 Å². The summed E-state index contributed by atoms with van der Waals surface area (Å²) < 4.78 is 6.08. The first-order chi connectivity index (χ1) is 16.0. The van der Waals surface area contributed by atoms with Crippen LogP contribution in [0.25, 0.3) is 5.69 Å². The molecule has 2 amide bonds. The largest absolute Gasteiger partial charge is 0.472 e. The van der Waals surface area contributed by atoms with E-state index in [1.165, 1.54) is 25.2 Å². The Morgan fingerprint density at radius 1 is 1.09 bits per heavy atom. The van der Waals surface area contributed by atoms with E-state index >= 15 is 0 Å². The van der Waals surface area contributed by atoms with Crippen LogP contribution in [0.1, 0.15) is 40.5 Å². The number of ether oxygens (including phenoxy) is 1. The van der Waals surface area contributed by atoms with Gasteiger partial charge in [-0.15, -0.1) is 0 Å². The van der Waals surface area contributed by atoms with Crippen molar-refractivity contribution in [1.29, 1.82) is 0 Å². The minimum absolute atomic E-state index is 0.0483. The van der Waals surface area contributed by atoms with Crippen LogP contribution in [0.15, 0.2) is 55.0 Å². The highest BCUT2D eigenvalue weighted by atomic mass is 16.7. The lowest BCUT2D eigenvalue weighted by atomic mass is 9.99. The minimum atomic E-state index is -0.303. The lowest BCUT2D eigenvalue weighted by Crippen LogP contribution is -2.49. The summed E-state index contributed by atoms with van der Waals surface area (Å²) >= 11 is 0. The van der Waals surface area contributed by atoms with Crippen LogP contribution in [0.5, 0.6) is 5.88 Å². The zero-order chi connectivity index (χ0) is 23.4. The molecule has 0 radical (unpaired) electrons. The number of piperidine rings is 1. The molecule has 1 aromatic carbocycles. The van der Waals surface area contributed by atoms with Crippen molar-refractivity contribution in [1.82, 2.24) is 29.9 Å². The Morgan fingerprint density at radius 2 is 1.85 bits per heavy atom. The number of nitrogens with zero attached hydrogens (tertiary/aromatic N) is 6. The fraction of sp³-hybridized carbons (Fsp3) is 0.348. The molecule has 33 heavy (non-hydrogen) atoms. The molecule has 1 fully saturated rings. The molecular formula is C23H26N6O4. The highest BCUT2D eigenvalue weighted by molar-refractivity contribution is 5.98. The summed E-state index contributed by atoms with van der Waals surface area (Å²) in [4.78, 5) is 38.3. The maximum absolute atomic E-state index is 13.5. The standard InChI is InChI=1S/C23H26N6O4/c1-16-8-9-18(33-21-14-17(10-11-24-21)22(30)27(2)32-3)15-28(16)23(31)19-6-4-5-7-20(19)29-25-12-13-26-29/h4-7,10-14,16,18H,8-9,15H2,1-3H3/t16-,18-/m1/s1. The van der Waals surface area contributed by atoms with Crippen molar-refractivity contribution in [2.45, 2.75) is 31.9 Å². The molecule has 0 bridgehead atoms. The topological polar surface area (TPSA) is 103 Å². The molecule has 0 saturated carbocycles. The number of carbonyl (C=O) groups excluding carboxylic acids is 2. The molecule has 4 rings (SSSR count). The number of likely N-dealkylation sites (tertiary alicyclic amines) is 1. The molecule has 10 heteroatoms. The lowest BCUT2D eigenvalue weighted by molar-refractivity contribution is -0.0757. The summed E-state index contributed by atoms with van der Waals surface area (Å²) in [7, 11) is 2.96. The van der Waals surface area contributed by atoms with Gasteiger partial charge in [-0.25, -0.2) is 10.0 Å². The van der Waals surface area contributed by atoms with E-state index in [1.54, 1.807) is 30.6 Å². The summed E-state index contributed by atoms with van der Waals surface area (Å²) in [6.45, 7) is 2.43. The van der Waals surface area contributed by atoms with E-state index in [9.17, 15) is 9.59 Å². The van der Waals surface area contributed by atoms with Crippen molar-refractivity contribution in [2.24, 2.45) is 0 Å². The fourth-order valence-electron chi connectivity index (χ4n) is 3.82. The molecule has 2 aromatic heterocycles. The molecule has 0 unspecified atom stereocenters. The first-order valence-corrected chi connectivity index (χ1v) is 10.7. The molecule has 3 heterocycles. The van der Waals surface area contributed by atoms with E-state index in [-0.39, 0.29) is 24.0 Å². The monoisotopic (exact) mass is 450 g/mol. The van der Waals surface area contributed by atoms with Crippen LogP contribution in [0.2, 0.25) is 0 Å². The third kappa shape index (κ3) is 4.85. The number of amides is 2. The Morgan fingerprint density at radius 3 is 2.61 bits per heavy atom. The van der Waals surface area contributed by atoms with Crippen molar-refractivity contribution in [3.63, 3.8) is 0 Å². The molecular weight excluding hydrogens is 424 g/mol. The van der Waals surface area contributed by atoms with E-state index < -0.39 is 0 Å². The number of carbonyl (C=O) groups is 2. The van der Waals surface area contributed by atoms with E-state index in [0.717, 1.165) is 17.9 Å². The van der Waals surface area contributed by atoms with Gasteiger partial charge in [0.25, 0.3) is 11.8 Å². The minimum Gasteiger partial charge on any atom is -0.472 e. The van der Waals surface area contributed by atoms with Crippen LogP contribution in [0, 0.1) is 0 Å². The molecule has 0 N–H and O–H groups in total. The smallest absolute Gasteiger partial charge is 0.277 e. The van der Waals surface area contributed by atoms with Gasteiger partial charge in [-0.3, -0.25) is 14.4 Å². The lowest BCUT2D eigenvalue weighted by Gasteiger charge is -2.38. The van der Waals surface area contributed by atoms with Gasteiger partial charge in [0.05, 0.1) is 37.3 Å². The average Bonchev–Trinajstić information content (AvgIpc) is 3.39. The maximum Gasteiger partial charge on any atom is 0.277 e. The Kier molecular flexibility index (Phi) is 6.64. The Labute approximate surface area is 191 Å². The second-order valence-corrected chi connectivity index (χ2v) is 7.83. The number of rotatable bonds is 6. The Bertz CT molecular complexity index is 1120. The van der Waals surface area contributed by atoms with Gasteiger partial charge in [-0.2, -0.15) is 15.0 Å².